The quantitative estimate of drug-likeness (QED) is 0.154. The Labute approximate surface area is 318 Å². The van der Waals surface area contributed by atoms with Gasteiger partial charge < -0.3 is 20.3 Å². The number of hydrogen-bond acceptors (Lipinski definition) is 9. The van der Waals surface area contributed by atoms with Gasteiger partial charge in [-0.2, -0.15) is 4.73 Å². The minimum absolute atomic E-state index is 0.0191. The van der Waals surface area contributed by atoms with Crippen molar-refractivity contribution in [2.75, 3.05) is 43.4 Å². The molecule has 2 saturated heterocycles. The van der Waals surface area contributed by atoms with Gasteiger partial charge in [-0.15, -0.1) is 0 Å². The standard InChI is InChI=1S/C40H50N8O5S/c1-30-37(31(2)43-29-42-30)39(50)45-24-18-40(3,19-25-45)46-22-16-35(17-23-46)47(28-33-9-5-4-6-10-33)34-14-12-32(13-15-34)27-44-54(52,53)26-20-41-38(49)36-11-7-8-21-48(36)51/h4-15,21,29,35,44H,16-20,22-28H2,1-3H3,(H,41,49). The Kier molecular flexibility index (Phi) is 12.2. The van der Waals surface area contributed by atoms with E-state index in [9.17, 15) is 23.2 Å². The van der Waals surface area contributed by atoms with Crippen molar-refractivity contribution >= 4 is 27.5 Å². The number of sulfonamides is 1. The van der Waals surface area contributed by atoms with Gasteiger partial charge in [0.15, 0.2) is 6.20 Å². The third-order valence-electron chi connectivity index (χ3n) is 10.9. The Morgan fingerprint density at radius 3 is 2.20 bits per heavy atom. The Bertz CT molecular complexity index is 1990. The van der Waals surface area contributed by atoms with Crippen LogP contribution in [-0.4, -0.2) is 90.1 Å². The smallest absolute Gasteiger partial charge is 0.317 e. The van der Waals surface area contributed by atoms with Crippen LogP contribution in [0.15, 0.2) is 85.3 Å². The van der Waals surface area contributed by atoms with E-state index in [0.29, 0.717) is 29.4 Å². The van der Waals surface area contributed by atoms with Crippen molar-refractivity contribution in [2.24, 2.45) is 0 Å². The number of likely N-dealkylation sites (tertiary alicyclic amines) is 2. The van der Waals surface area contributed by atoms with Crippen LogP contribution in [0.1, 0.15) is 76.0 Å². The lowest BCUT2D eigenvalue weighted by atomic mass is 9.85. The van der Waals surface area contributed by atoms with Crippen LogP contribution in [-0.2, 0) is 23.1 Å². The van der Waals surface area contributed by atoms with Crippen molar-refractivity contribution in [2.45, 2.75) is 71.1 Å². The number of carbonyl (C=O) groups is 2. The van der Waals surface area contributed by atoms with Crippen LogP contribution >= 0.6 is 0 Å². The van der Waals surface area contributed by atoms with Gasteiger partial charge >= 0.3 is 5.91 Å². The molecule has 4 aromatic rings. The molecule has 2 aromatic heterocycles. The van der Waals surface area contributed by atoms with Crippen molar-refractivity contribution in [1.82, 2.24) is 29.8 Å². The second-order valence-corrected chi connectivity index (χ2v) is 16.4. The maximum Gasteiger partial charge on any atom is 0.317 e. The summed E-state index contributed by atoms with van der Waals surface area (Å²) >= 11 is 0. The molecule has 6 rings (SSSR count). The van der Waals surface area contributed by atoms with Crippen molar-refractivity contribution in [3.63, 3.8) is 0 Å². The SMILES string of the molecule is Cc1ncnc(C)c1C(=O)N1CCC(C)(N2CCC(N(Cc3ccccc3)c3ccc(CNS(=O)(=O)CCNC(=O)c4cccc[n+]4[O-])cc3)CC2)CC1. The first kappa shape index (κ1) is 38.8. The summed E-state index contributed by atoms with van der Waals surface area (Å²) in [6.07, 6.45) is 6.56. The molecule has 0 radical (unpaired) electrons. The van der Waals surface area contributed by atoms with E-state index < -0.39 is 15.9 Å². The van der Waals surface area contributed by atoms with Crippen LogP contribution in [0.3, 0.4) is 0 Å². The highest BCUT2D eigenvalue weighted by molar-refractivity contribution is 7.89. The molecule has 0 atom stereocenters. The number of rotatable bonds is 13. The van der Waals surface area contributed by atoms with E-state index in [1.807, 2.05) is 36.9 Å². The van der Waals surface area contributed by atoms with Crippen molar-refractivity contribution in [3.8, 4) is 0 Å². The number of benzene rings is 2. The number of pyridine rings is 1. The van der Waals surface area contributed by atoms with Gasteiger partial charge in [0.2, 0.25) is 10.0 Å². The molecule has 2 fully saturated rings. The summed E-state index contributed by atoms with van der Waals surface area (Å²) in [6.45, 7) is 10.2. The van der Waals surface area contributed by atoms with Crippen molar-refractivity contribution in [3.05, 3.63) is 124 Å². The molecule has 2 N–H and O–H groups in total. The van der Waals surface area contributed by atoms with Gasteiger partial charge in [0.1, 0.15) is 6.33 Å². The predicted octanol–water partition coefficient (Wildman–Crippen LogP) is 3.74. The van der Waals surface area contributed by atoms with Gasteiger partial charge in [0.05, 0.1) is 22.7 Å². The molecule has 0 spiro atoms. The summed E-state index contributed by atoms with van der Waals surface area (Å²) in [4.78, 5) is 41.3. The average molecular weight is 755 g/mol. The minimum Gasteiger partial charge on any atom is -0.618 e. The average Bonchev–Trinajstić information content (AvgIpc) is 3.17. The summed E-state index contributed by atoms with van der Waals surface area (Å²) in [7, 11) is -3.68. The zero-order valence-electron chi connectivity index (χ0n) is 31.3. The number of carbonyl (C=O) groups excluding carboxylic acids is 2. The molecule has 14 heteroatoms. The van der Waals surface area contributed by atoms with Crippen molar-refractivity contribution < 1.29 is 22.7 Å². The highest BCUT2D eigenvalue weighted by Crippen LogP contribution is 2.34. The lowest BCUT2D eigenvalue weighted by Crippen LogP contribution is -2.58. The fraction of sp³-hybridized carbons (Fsp3) is 0.425. The Morgan fingerprint density at radius 1 is 0.907 bits per heavy atom. The summed E-state index contributed by atoms with van der Waals surface area (Å²) in [5.74, 6) is -0.921. The number of piperidine rings is 2. The number of hydrogen-bond donors (Lipinski definition) is 2. The first-order chi connectivity index (χ1) is 25.9. The van der Waals surface area contributed by atoms with Crippen LogP contribution in [0, 0.1) is 19.1 Å². The Morgan fingerprint density at radius 2 is 1.56 bits per heavy atom. The van der Waals surface area contributed by atoms with Gasteiger partial charge in [-0.25, -0.2) is 23.1 Å². The number of nitrogens with one attached hydrogen (secondary N) is 2. The molecule has 2 aliphatic rings. The number of anilines is 1. The molecule has 286 valence electrons. The van der Waals surface area contributed by atoms with E-state index in [1.54, 1.807) is 6.07 Å². The third kappa shape index (κ3) is 9.41. The molecule has 0 saturated carbocycles. The van der Waals surface area contributed by atoms with E-state index in [4.69, 9.17) is 0 Å². The second kappa shape index (κ2) is 17.0. The first-order valence-electron chi connectivity index (χ1n) is 18.6. The molecule has 2 amide bonds. The highest BCUT2D eigenvalue weighted by atomic mass is 32.2. The molecule has 2 aliphatic heterocycles. The Balaban J connectivity index is 1.04. The lowest BCUT2D eigenvalue weighted by molar-refractivity contribution is -0.607. The molecule has 54 heavy (non-hydrogen) atoms. The summed E-state index contributed by atoms with van der Waals surface area (Å²) in [5.41, 5.74) is 5.11. The number of amides is 2. The zero-order chi connectivity index (χ0) is 38.3. The normalized spacial score (nSPS) is 16.5. The van der Waals surface area contributed by atoms with Gasteiger partial charge in [-0.05, 0) is 75.8 Å². The Hall–Kier alpha value is -4.92. The van der Waals surface area contributed by atoms with Crippen LogP contribution in [0.5, 0.6) is 0 Å². The number of nitrogens with zero attached hydrogens (tertiary/aromatic N) is 6. The van der Waals surface area contributed by atoms with E-state index in [0.717, 1.165) is 68.0 Å². The van der Waals surface area contributed by atoms with E-state index in [2.05, 4.69) is 73.1 Å². The van der Waals surface area contributed by atoms with E-state index >= 15 is 0 Å². The van der Waals surface area contributed by atoms with Crippen molar-refractivity contribution in [1.29, 1.82) is 0 Å². The molecule has 4 heterocycles. The summed E-state index contributed by atoms with van der Waals surface area (Å²) < 4.78 is 28.5. The summed E-state index contributed by atoms with van der Waals surface area (Å²) in [6, 6.07) is 23.2. The zero-order valence-corrected chi connectivity index (χ0v) is 32.1. The molecular weight excluding hydrogens is 705 g/mol. The van der Waals surface area contributed by atoms with Gasteiger partial charge in [0, 0.05) is 75.2 Å². The maximum absolute atomic E-state index is 13.4. The van der Waals surface area contributed by atoms with Crippen LogP contribution in [0.2, 0.25) is 0 Å². The van der Waals surface area contributed by atoms with Gasteiger partial charge in [-0.1, -0.05) is 42.5 Å². The highest BCUT2D eigenvalue weighted by Gasteiger charge is 2.40. The third-order valence-corrected chi connectivity index (χ3v) is 12.2. The van der Waals surface area contributed by atoms with Gasteiger partial charge in [0.25, 0.3) is 11.6 Å². The monoisotopic (exact) mass is 754 g/mol. The van der Waals surface area contributed by atoms with Crippen LogP contribution < -0.4 is 19.7 Å². The fourth-order valence-corrected chi connectivity index (χ4v) is 8.46. The summed E-state index contributed by atoms with van der Waals surface area (Å²) in [5, 5.41) is 14.3. The lowest BCUT2D eigenvalue weighted by Gasteiger charge is -2.50. The largest absolute Gasteiger partial charge is 0.618 e. The molecule has 13 nitrogen and oxygen atoms in total. The first-order valence-corrected chi connectivity index (χ1v) is 20.2. The number of aromatic nitrogens is 3. The second-order valence-electron chi connectivity index (χ2n) is 14.5. The maximum atomic E-state index is 13.4. The van der Waals surface area contributed by atoms with E-state index in [-0.39, 0.29) is 36.0 Å². The van der Waals surface area contributed by atoms with E-state index in [1.165, 1.54) is 30.2 Å². The van der Waals surface area contributed by atoms with Crippen LogP contribution in [0.4, 0.5) is 5.69 Å². The number of aryl methyl sites for hydroxylation is 2. The minimum atomic E-state index is -3.68. The van der Waals surface area contributed by atoms with Gasteiger partial charge in [-0.3, -0.25) is 14.5 Å². The van der Waals surface area contributed by atoms with Crippen LogP contribution in [0.25, 0.3) is 0 Å². The molecule has 0 bridgehead atoms. The molecule has 2 aromatic carbocycles. The fourth-order valence-electron chi connectivity index (χ4n) is 7.56. The topological polar surface area (TPSA) is 155 Å². The molecule has 0 aliphatic carbocycles. The predicted molar refractivity (Wildman–Crippen MR) is 207 cm³/mol. The molecular formula is C40H50N8O5S. The molecule has 0 unspecified atom stereocenters.